The fraction of sp³-hybridized carbons (Fsp3) is 0.125. The molecule has 0 fully saturated rings. The Morgan fingerprint density at radius 2 is 1.22 bits per heavy atom. The maximum atomic E-state index is 12.8. The fourth-order valence-corrected chi connectivity index (χ4v) is 0.846. The van der Waals surface area contributed by atoms with Crippen molar-refractivity contribution in [1.82, 2.24) is 0 Å². The third-order valence-electron chi connectivity index (χ3n) is 1.65. The van der Waals surface area contributed by atoms with Gasteiger partial charge in [0, 0.05) is 0 Å². The maximum Gasteiger partial charge on any atom is 0.502 e. The van der Waals surface area contributed by atoms with Crippen LogP contribution in [0.1, 0.15) is 0 Å². The van der Waals surface area contributed by atoms with Gasteiger partial charge in [-0.05, 0) is 0 Å². The molecule has 0 saturated heterocycles. The Bertz CT molecular complexity index is 485. The van der Waals surface area contributed by atoms with Crippen molar-refractivity contribution in [2.24, 2.45) is 0 Å². The lowest BCUT2D eigenvalue weighted by molar-refractivity contribution is -0.212. The van der Waals surface area contributed by atoms with Crippen LogP contribution in [-0.4, -0.2) is 17.2 Å². The van der Waals surface area contributed by atoms with E-state index in [1.807, 2.05) is 0 Å². The van der Waals surface area contributed by atoms with Crippen LogP contribution in [0.3, 0.4) is 0 Å². The predicted molar refractivity (Wildman–Crippen MR) is 39.4 cm³/mol. The molecule has 0 bridgehead atoms. The van der Waals surface area contributed by atoms with Crippen LogP contribution in [-0.2, 0) is 4.79 Å². The van der Waals surface area contributed by atoms with E-state index < -0.39 is 46.9 Å². The third kappa shape index (κ3) is 2.17. The number of benzene rings is 1. The number of ether oxygens (including phenoxy) is 1. The highest BCUT2D eigenvalue weighted by atomic mass is 19.3. The van der Waals surface area contributed by atoms with Crippen LogP contribution >= 0.6 is 0 Å². The van der Waals surface area contributed by atoms with Gasteiger partial charge in [-0.2, -0.15) is 17.6 Å². The number of carboxylic acid groups (broad SMARTS) is 1. The molecule has 0 radical (unpaired) electrons. The summed E-state index contributed by atoms with van der Waals surface area (Å²) in [6.07, 6.45) is -5.15. The number of carbonyl (C=O) groups is 1. The summed E-state index contributed by atoms with van der Waals surface area (Å²) in [5, 5.41) is 7.90. The van der Waals surface area contributed by atoms with E-state index in [4.69, 9.17) is 5.11 Å². The Kier molecular flexibility index (Phi) is 3.40. The lowest BCUT2D eigenvalue weighted by Gasteiger charge is -2.15. The average Bonchev–Trinajstić information content (AvgIpc) is 2.29. The Labute approximate surface area is 93.4 Å². The van der Waals surface area contributed by atoms with Crippen LogP contribution in [0, 0.1) is 29.1 Å². The van der Waals surface area contributed by atoms with Crippen LogP contribution in [0.15, 0.2) is 0 Å². The number of rotatable bonds is 3. The zero-order valence-corrected chi connectivity index (χ0v) is 7.91. The van der Waals surface area contributed by atoms with Crippen LogP contribution < -0.4 is 4.74 Å². The van der Waals surface area contributed by atoms with E-state index in [9.17, 15) is 35.5 Å². The molecule has 1 aromatic rings. The standard InChI is InChI=1S/C8HF7O3/c9-1-2(10)4(12)6(5(13)3(1)11)18-8(14,15)7(16)17/h(H,16,17). The zero-order valence-electron chi connectivity index (χ0n) is 7.91. The molecule has 0 aliphatic rings. The SMILES string of the molecule is O=C(O)C(F)(F)Oc1c(F)c(F)c(F)c(F)c1F. The highest BCUT2D eigenvalue weighted by Gasteiger charge is 2.45. The quantitative estimate of drug-likeness (QED) is 0.524. The first kappa shape index (κ1) is 14.1. The van der Waals surface area contributed by atoms with E-state index in [2.05, 4.69) is 4.74 Å². The lowest BCUT2D eigenvalue weighted by atomic mass is 10.2. The zero-order chi connectivity index (χ0) is 14.2. The van der Waals surface area contributed by atoms with Crippen molar-refractivity contribution in [1.29, 1.82) is 0 Å². The molecular formula is C8HF7O3. The molecule has 1 aromatic carbocycles. The Balaban J connectivity index is 3.39. The van der Waals surface area contributed by atoms with Crippen LogP contribution in [0.5, 0.6) is 5.75 Å². The van der Waals surface area contributed by atoms with Crippen LogP contribution in [0.4, 0.5) is 30.7 Å². The van der Waals surface area contributed by atoms with Gasteiger partial charge >= 0.3 is 12.1 Å². The molecule has 0 aliphatic heterocycles. The summed E-state index contributed by atoms with van der Waals surface area (Å²) in [6, 6.07) is 0. The highest BCUT2D eigenvalue weighted by Crippen LogP contribution is 2.32. The summed E-state index contributed by atoms with van der Waals surface area (Å²) >= 11 is 0. The average molecular weight is 278 g/mol. The summed E-state index contributed by atoms with van der Waals surface area (Å²) in [6.45, 7) is 0. The molecule has 18 heavy (non-hydrogen) atoms. The molecule has 0 unspecified atom stereocenters. The van der Waals surface area contributed by atoms with Crippen molar-refractivity contribution in [2.75, 3.05) is 0 Å². The molecule has 0 spiro atoms. The minimum absolute atomic E-state index is 2.38. The first-order valence-corrected chi connectivity index (χ1v) is 3.91. The summed E-state index contributed by atoms with van der Waals surface area (Å²) in [5.74, 6) is -18.4. The van der Waals surface area contributed by atoms with Crippen molar-refractivity contribution in [3.05, 3.63) is 29.1 Å². The van der Waals surface area contributed by atoms with E-state index in [0.29, 0.717) is 0 Å². The second-order valence-corrected chi connectivity index (χ2v) is 2.82. The lowest BCUT2D eigenvalue weighted by Crippen LogP contribution is -2.35. The first-order valence-electron chi connectivity index (χ1n) is 3.91. The van der Waals surface area contributed by atoms with Crippen LogP contribution in [0.25, 0.3) is 0 Å². The van der Waals surface area contributed by atoms with Gasteiger partial charge in [0.25, 0.3) is 0 Å². The van der Waals surface area contributed by atoms with Gasteiger partial charge in [0.15, 0.2) is 0 Å². The summed E-state index contributed by atoms with van der Waals surface area (Å²) in [7, 11) is 0. The van der Waals surface area contributed by atoms with Crippen molar-refractivity contribution in [3.63, 3.8) is 0 Å². The van der Waals surface area contributed by atoms with Gasteiger partial charge in [0.1, 0.15) is 0 Å². The Morgan fingerprint density at radius 1 is 0.889 bits per heavy atom. The molecule has 3 nitrogen and oxygen atoms in total. The smallest absolute Gasteiger partial charge is 0.474 e. The van der Waals surface area contributed by atoms with Gasteiger partial charge < -0.3 is 9.84 Å². The van der Waals surface area contributed by atoms with Gasteiger partial charge in [-0.25, -0.2) is 18.0 Å². The normalized spacial score (nSPS) is 11.5. The summed E-state index contributed by atoms with van der Waals surface area (Å²) in [4.78, 5) is 9.90. The number of hydrogen-bond acceptors (Lipinski definition) is 2. The van der Waals surface area contributed by atoms with E-state index in [1.165, 1.54) is 0 Å². The highest BCUT2D eigenvalue weighted by molar-refractivity contribution is 5.73. The molecule has 100 valence electrons. The van der Waals surface area contributed by atoms with Crippen molar-refractivity contribution >= 4 is 5.97 Å². The maximum absolute atomic E-state index is 12.8. The minimum Gasteiger partial charge on any atom is -0.474 e. The number of hydrogen-bond donors (Lipinski definition) is 1. The van der Waals surface area contributed by atoms with E-state index >= 15 is 0 Å². The van der Waals surface area contributed by atoms with E-state index in [0.717, 1.165) is 0 Å². The molecule has 0 saturated carbocycles. The molecule has 0 aliphatic carbocycles. The number of carboxylic acids is 1. The molecule has 1 N–H and O–H groups in total. The number of halogens is 7. The van der Waals surface area contributed by atoms with Crippen molar-refractivity contribution in [2.45, 2.75) is 6.11 Å². The topological polar surface area (TPSA) is 46.5 Å². The van der Waals surface area contributed by atoms with Gasteiger partial charge in [-0.15, -0.1) is 0 Å². The Morgan fingerprint density at radius 3 is 1.56 bits per heavy atom. The molecule has 0 aromatic heterocycles. The second-order valence-electron chi connectivity index (χ2n) is 2.82. The molecule has 0 heterocycles. The monoisotopic (exact) mass is 278 g/mol. The number of aliphatic carboxylic acids is 1. The van der Waals surface area contributed by atoms with Gasteiger partial charge in [0.05, 0.1) is 0 Å². The molecular weight excluding hydrogens is 277 g/mol. The second kappa shape index (κ2) is 4.35. The third-order valence-corrected chi connectivity index (χ3v) is 1.65. The van der Waals surface area contributed by atoms with Crippen molar-refractivity contribution in [3.8, 4) is 5.75 Å². The summed E-state index contributed by atoms with van der Waals surface area (Å²) in [5.41, 5.74) is 0. The summed E-state index contributed by atoms with van der Waals surface area (Å²) < 4.78 is 91.2. The van der Waals surface area contributed by atoms with Gasteiger partial charge in [-0.3, -0.25) is 0 Å². The van der Waals surface area contributed by atoms with E-state index in [1.54, 1.807) is 0 Å². The molecule has 0 atom stereocenters. The van der Waals surface area contributed by atoms with Gasteiger partial charge in [0.2, 0.25) is 34.8 Å². The fourth-order valence-electron chi connectivity index (χ4n) is 0.846. The molecule has 10 heteroatoms. The largest absolute Gasteiger partial charge is 0.502 e. The predicted octanol–water partition coefficient (Wildman–Crippen LogP) is 2.44. The first-order chi connectivity index (χ1) is 8.09. The Hall–Kier alpha value is -2.00. The van der Waals surface area contributed by atoms with E-state index in [-0.39, 0.29) is 0 Å². The van der Waals surface area contributed by atoms with Gasteiger partial charge in [-0.1, -0.05) is 0 Å². The minimum atomic E-state index is -5.15. The molecule has 1 rings (SSSR count). The van der Waals surface area contributed by atoms with Crippen molar-refractivity contribution < 1.29 is 45.4 Å². The van der Waals surface area contributed by atoms with Crippen LogP contribution in [0.2, 0.25) is 0 Å². The number of alkyl halides is 2. The molecule has 0 amide bonds.